The van der Waals surface area contributed by atoms with Crippen LogP contribution in [-0.4, -0.2) is 9.13 Å². The van der Waals surface area contributed by atoms with Gasteiger partial charge in [-0.15, -0.1) is 0 Å². The zero-order valence-electron chi connectivity index (χ0n) is 28.1. The summed E-state index contributed by atoms with van der Waals surface area (Å²) in [5.74, 6) is 0. The van der Waals surface area contributed by atoms with E-state index in [-0.39, 0.29) is 0 Å². The molecule has 2 aromatic heterocycles. The molecule has 2 nitrogen and oxygen atoms in total. The molecule has 0 spiro atoms. The molecule has 0 aliphatic heterocycles. The van der Waals surface area contributed by atoms with Crippen molar-refractivity contribution in [2.75, 3.05) is 0 Å². The zero-order chi connectivity index (χ0) is 33.7. The Bertz CT molecular complexity index is 2800. The van der Waals surface area contributed by atoms with Crippen LogP contribution in [0.25, 0.3) is 82.7 Å². The second-order valence-electron chi connectivity index (χ2n) is 13.3. The molecule has 0 bridgehead atoms. The Morgan fingerprint density at radius 2 is 0.824 bits per heavy atom. The molecule has 2 heteroatoms. The van der Waals surface area contributed by atoms with E-state index in [9.17, 15) is 0 Å². The molecule has 0 radical (unpaired) electrons. The molecule has 0 amide bonds. The van der Waals surface area contributed by atoms with Crippen LogP contribution in [0.3, 0.4) is 0 Å². The fraction of sp³-hybridized carbons (Fsp3) is 0.0204. The fourth-order valence-electron chi connectivity index (χ4n) is 8.20. The highest BCUT2D eigenvalue weighted by Crippen LogP contribution is 2.41. The molecule has 0 unspecified atom stereocenters. The molecular weight excluding hydrogens is 617 g/mol. The van der Waals surface area contributed by atoms with Gasteiger partial charge in [0, 0.05) is 44.8 Å². The lowest BCUT2D eigenvalue weighted by Gasteiger charge is -2.18. The van der Waals surface area contributed by atoms with Crippen LogP contribution in [0.1, 0.15) is 5.56 Å². The highest BCUT2D eigenvalue weighted by atomic mass is 15.0. The van der Waals surface area contributed by atoms with Crippen LogP contribution >= 0.6 is 0 Å². The lowest BCUT2D eigenvalue weighted by Crippen LogP contribution is -2.04. The van der Waals surface area contributed by atoms with Crippen molar-refractivity contribution in [3.8, 4) is 39.1 Å². The van der Waals surface area contributed by atoms with Crippen molar-refractivity contribution in [1.82, 2.24) is 9.13 Å². The molecule has 0 aliphatic rings. The molecule has 0 saturated carbocycles. The predicted molar refractivity (Wildman–Crippen MR) is 216 cm³/mol. The lowest BCUT2D eigenvalue weighted by atomic mass is 9.91. The van der Waals surface area contributed by atoms with E-state index in [4.69, 9.17) is 0 Å². The van der Waals surface area contributed by atoms with Crippen LogP contribution in [0.15, 0.2) is 194 Å². The fourth-order valence-corrected chi connectivity index (χ4v) is 8.20. The summed E-state index contributed by atoms with van der Waals surface area (Å²) in [4.78, 5) is 0. The van der Waals surface area contributed by atoms with Crippen molar-refractivity contribution < 1.29 is 0 Å². The third-order valence-corrected chi connectivity index (χ3v) is 10.5. The first-order chi connectivity index (χ1) is 25.3. The molecule has 240 valence electrons. The van der Waals surface area contributed by atoms with Crippen LogP contribution in [0.2, 0.25) is 0 Å². The Hall–Kier alpha value is -6.64. The smallest absolute Gasteiger partial charge is 0.0547 e. The van der Waals surface area contributed by atoms with Gasteiger partial charge in [-0.25, -0.2) is 0 Å². The Morgan fingerprint density at radius 3 is 1.49 bits per heavy atom. The summed E-state index contributed by atoms with van der Waals surface area (Å²) in [7, 11) is 0. The monoisotopic (exact) mass is 650 g/mol. The van der Waals surface area contributed by atoms with E-state index in [1.807, 2.05) is 0 Å². The Labute approximate surface area is 297 Å². The SMILES string of the molecule is c1ccc(-c2cccc(-c3ccccc3)c2Cn2c3ccccc3c3cc(-n4c5ccccc5c5c(-c6ccccc6)cccc54)ccc32)cc1. The summed E-state index contributed by atoms with van der Waals surface area (Å²) in [6.07, 6.45) is 0. The summed E-state index contributed by atoms with van der Waals surface area (Å²) in [6, 6.07) is 70.5. The number of aromatic nitrogens is 2. The first-order valence-corrected chi connectivity index (χ1v) is 17.7. The molecule has 0 saturated heterocycles. The first-order valence-electron chi connectivity index (χ1n) is 17.7. The second kappa shape index (κ2) is 12.0. The molecule has 0 atom stereocenters. The van der Waals surface area contributed by atoms with E-state index in [1.165, 1.54) is 82.6 Å². The normalized spacial score (nSPS) is 11.6. The van der Waals surface area contributed by atoms with Gasteiger partial charge in [-0.1, -0.05) is 158 Å². The Morgan fingerprint density at radius 1 is 0.333 bits per heavy atom. The van der Waals surface area contributed by atoms with E-state index in [0.717, 1.165) is 12.2 Å². The lowest BCUT2D eigenvalue weighted by molar-refractivity contribution is 0.872. The number of hydrogen-bond donors (Lipinski definition) is 0. The average molecular weight is 651 g/mol. The van der Waals surface area contributed by atoms with Crippen molar-refractivity contribution in [3.05, 3.63) is 200 Å². The summed E-state index contributed by atoms with van der Waals surface area (Å²) >= 11 is 0. The van der Waals surface area contributed by atoms with Crippen molar-refractivity contribution >= 4 is 43.6 Å². The molecule has 0 aliphatic carbocycles. The van der Waals surface area contributed by atoms with Gasteiger partial charge in [-0.2, -0.15) is 0 Å². The standard InChI is InChI=1S/C49H34N2/c1-4-16-34(17-5-1)38-24-14-25-39(35-18-6-2-7-19-35)44(38)33-50-45-27-12-10-22-41(45)43-32-37(30-31-46(43)50)51-47-28-13-11-23-42(47)49-40(26-15-29-48(49)51)36-20-8-3-9-21-36/h1-32H,33H2. The molecular formula is C49H34N2. The van der Waals surface area contributed by atoms with E-state index in [1.54, 1.807) is 0 Å². The number of hydrogen-bond acceptors (Lipinski definition) is 0. The second-order valence-corrected chi connectivity index (χ2v) is 13.3. The van der Waals surface area contributed by atoms with Crippen molar-refractivity contribution in [2.45, 2.75) is 6.54 Å². The van der Waals surface area contributed by atoms with Crippen molar-refractivity contribution in [2.24, 2.45) is 0 Å². The predicted octanol–water partition coefficient (Wildman–Crippen LogP) is 12.9. The molecule has 10 aromatic rings. The highest BCUT2D eigenvalue weighted by Gasteiger charge is 2.20. The van der Waals surface area contributed by atoms with Gasteiger partial charge in [0.1, 0.15) is 0 Å². The van der Waals surface area contributed by atoms with Gasteiger partial charge in [0.15, 0.2) is 0 Å². The minimum atomic E-state index is 0.745. The Balaban J connectivity index is 1.20. The van der Waals surface area contributed by atoms with Gasteiger partial charge in [0.25, 0.3) is 0 Å². The Kier molecular flexibility index (Phi) is 6.92. The molecule has 10 rings (SSSR count). The van der Waals surface area contributed by atoms with Crippen LogP contribution in [0.5, 0.6) is 0 Å². The van der Waals surface area contributed by atoms with Gasteiger partial charge < -0.3 is 9.13 Å². The topological polar surface area (TPSA) is 9.86 Å². The summed E-state index contributed by atoms with van der Waals surface area (Å²) < 4.78 is 4.96. The van der Waals surface area contributed by atoms with E-state index < -0.39 is 0 Å². The third-order valence-electron chi connectivity index (χ3n) is 10.5. The average Bonchev–Trinajstić information content (AvgIpc) is 3.71. The number of rotatable bonds is 6. The number of nitrogens with zero attached hydrogens (tertiary/aromatic N) is 2. The van der Waals surface area contributed by atoms with Crippen LogP contribution in [-0.2, 0) is 6.54 Å². The quantitative estimate of drug-likeness (QED) is 0.169. The maximum absolute atomic E-state index is 2.52. The maximum Gasteiger partial charge on any atom is 0.0547 e. The third kappa shape index (κ3) is 4.80. The number of benzene rings is 8. The van der Waals surface area contributed by atoms with Gasteiger partial charge >= 0.3 is 0 Å². The maximum atomic E-state index is 2.52. The van der Waals surface area contributed by atoms with Crippen molar-refractivity contribution in [1.29, 1.82) is 0 Å². The molecule has 2 heterocycles. The van der Waals surface area contributed by atoms with Crippen molar-refractivity contribution in [3.63, 3.8) is 0 Å². The molecule has 0 fully saturated rings. The zero-order valence-corrected chi connectivity index (χ0v) is 28.1. The van der Waals surface area contributed by atoms with Crippen LogP contribution in [0.4, 0.5) is 0 Å². The highest BCUT2D eigenvalue weighted by molar-refractivity contribution is 6.16. The summed E-state index contributed by atoms with van der Waals surface area (Å²) in [6.45, 7) is 0.745. The molecule has 8 aromatic carbocycles. The number of para-hydroxylation sites is 2. The van der Waals surface area contributed by atoms with Gasteiger partial charge in [0.05, 0.1) is 11.0 Å². The molecule has 0 N–H and O–H groups in total. The van der Waals surface area contributed by atoms with Crippen LogP contribution < -0.4 is 0 Å². The van der Waals surface area contributed by atoms with Gasteiger partial charge in [-0.3, -0.25) is 0 Å². The minimum absolute atomic E-state index is 0.745. The molecule has 51 heavy (non-hydrogen) atoms. The van der Waals surface area contributed by atoms with Gasteiger partial charge in [0.2, 0.25) is 0 Å². The first kappa shape index (κ1) is 29.3. The largest absolute Gasteiger partial charge is 0.336 e. The van der Waals surface area contributed by atoms with Crippen LogP contribution in [0, 0.1) is 0 Å². The van der Waals surface area contributed by atoms with E-state index in [0.29, 0.717) is 0 Å². The van der Waals surface area contributed by atoms with E-state index in [2.05, 4.69) is 203 Å². The summed E-state index contributed by atoms with van der Waals surface area (Å²) in [5.41, 5.74) is 14.8. The number of fused-ring (bicyclic) bond motifs is 6. The minimum Gasteiger partial charge on any atom is -0.336 e. The van der Waals surface area contributed by atoms with E-state index >= 15 is 0 Å². The summed E-state index contributed by atoms with van der Waals surface area (Å²) in [5, 5.41) is 5.07. The van der Waals surface area contributed by atoms with Gasteiger partial charge in [-0.05, 0) is 75.3 Å².